The highest BCUT2D eigenvalue weighted by Crippen LogP contribution is 2.21. The van der Waals surface area contributed by atoms with Crippen molar-refractivity contribution in [3.05, 3.63) is 29.3 Å². The quantitative estimate of drug-likeness (QED) is 0.742. The van der Waals surface area contributed by atoms with Gasteiger partial charge in [-0.05, 0) is 30.9 Å². The van der Waals surface area contributed by atoms with Crippen LogP contribution in [-0.2, 0) is 10.0 Å². The molecule has 1 atom stereocenters. The van der Waals surface area contributed by atoms with E-state index in [4.69, 9.17) is 23.2 Å². The van der Waals surface area contributed by atoms with Crippen LogP contribution in [0.4, 0.5) is 0 Å². The Kier molecular flexibility index (Phi) is 7.15. The first-order chi connectivity index (χ1) is 9.01. The van der Waals surface area contributed by atoms with Gasteiger partial charge in [0.25, 0.3) is 0 Å². The molecule has 0 aliphatic carbocycles. The lowest BCUT2D eigenvalue weighted by molar-refractivity contribution is 0.457. The lowest BCUT2D eigenvalue weighted by atomic mass is 10.0. The third-order valence-electron chi connectivity index (χ3n) is 2.90. The molecule has 0 saturated heterocycles. The summed E-state index contributed by atoms with van der Waals surface area (Å²) in [4.78, 5) is 0.123. The summed E-state index contributed by atoms with van der Waals surface area (Å²) in [7, 11) is -3.55. The highest BCUT2D eigenvalue weighted by atomic mass is 35.5. The fourth-order valence-electron chi connectivity index (χ4n) is 1.88. The Bertz CT molecular complexity index is 485. The molecule has 1 rings (SSSR count). The number of alkyl halides is 1. The van der Waals surface area contributed by atoms with Crippen molar-refractivity contribution in [2.75, 3.05) is 12.4 Å². The van der Waals surface area contributed by atoms with E-state index >= 15 is 0 Å². The maximum atomic E-state index is 12.1. The molecule has 1 N–H and O–H groups in total. The fraction of sp³-hybridized carbons (Fsp3) is 0.538. The molecule has 0 amide bonds. The molecule has 0 bridgehead atoms. The van der Waals surface area contributed by atoms with Crippen molar-refractivity contribution >= 4 is 33.2 Å². The summed E-state index contributed by atoms with van der Waals surface area (Å²) < 4.78 is 26.9. The van der Waals surface area contributed by atoms with Crippen LogP contribution in [0.15, 0.2) is 29.2 Å². The van der Waals surface area contributed by atoms with Gasteiger partial charge in [-0.3, -0.25) is 0 Å². The molecule has 1 unspecified atom stereocenters. The molecule has 0 saturated carbocycles. The minimum atomic E-state index is -3.55. The van der Waals surface area contributed by atoms with Gasteiger partial charge in [-0.1, -0.05) is 37.1 Å². The summed E-state index contributed by atoms with van der Waals surface area (Å²) in [6, 6.07) is 6.43. The van der Waals surface area contributed by atoms with Gasteiger partial charge in [0.15, 0.2) is 0 Å². The number of hydrogen-bond donors (Lipinski definition) is 1. The van der Waals surface area contributed by atoms with Crippen molar-refractivity contribution in [1.82, 2.24) is 4.72 Å². The van der Waals surface area contributed by atoms with E-state index in [1.165, 1.54) is 6.07 Å². The monoisotopic (exact) mass is 323 g/mol. The van der Waals surface area contributed by atoms with Gasteiger partial charge >= 0.3 is 0 Å². The van der Waals surface area contributed by atoms with Gasteiger partial charge in [-0.25, -0.2) is 13.1 Å². The number of hydrogen-bond acceptors (Lipinski definition) is 2. The summed E-state index contributed by atoms with van der Waals surface area (Å²) in [5.41, 5.74) is 0. The van der Waals surface area contributed by atoms with Gasteiger partial charge in [0.2, 0.25) is 10.0 Å². The molecular formula is C13H19Cl2NO2S. The van der Waals surface area contributed by atoms with E-state index in [-0.39, 0.29) is 15.8 Å². The van der Waals surface area contributed by atoms with Crippen LogP contribution in [0, 0.1) is 5.92 Å². The maximum Gasteiger partial charge on any atom is 0.242 e. The summed E-state index contributed by atoms with van der Waals surface area (Å²) in [5.74, 6) is 0.804. The van der Waals surface area contributed by atoms with Crippen molar-refractivity contribution in [2.24, 2.45) is 5.92 Å². The molecule has 0 aliphatic heterocycles. The molecule has 0 radical (unpaired) electrons. The number of benzene rings is 1. The first-order valence-corrected chi connectivity index (χ1v) is 8.71. The lowest BCUT2D eigenvalue weighted by Gasteiger charge is -2.16. The Balaban J connectivity index is 2.72. The van der Waals surface area contributed by atoms with Crippen LogP contribution in [0.2, 0.25) is 5.02 Å². The van der Waals surface area contributed by atoms with E-state index in [1.54, 1.807) is 18.2 Å². The molecule has 0 aliphatic rings. The number of nitrogens with one attached hydrogen (secondary N) is 1. The summed E-state index contributed by atoms with van der Waals surface area (Å²) in [6.45, 7) is 2.47. The second kappa shape index (κ2) is 8.10. The summed E-state index contributed by atoms with van der Waals surface area (Å²) in [6.07, 6.45) is 2.77. The van der Waals surface area contributed by atoms with Crippen LogP contribution in [0.5, 0.6) is 0 Å². The van der Waals surface area contributed by atoms with E-state index < -0.39 is 10.0 Å². The number of sulfonamides is 1. The van der Waals surface area contributed by atoms with Crippen LogP contribution < -0.4 is 4.72 Å². The third kappa shape index (κ3) is 5.30. The van der Waals surface area contributed by atoms with E-state index in [1.807, 2.05) is 0 Å². The highest BCUT2D eigenvalue weighted by Gasteiger charge is 2.18. The van der Waals surface area contributed by atoms with E-state index in [9.17, 15) is 8.42 Å². The first-order valence-electron chi connectivity index (χ1n) is 6.31. The van der Waals surface area contributed by atoms with Gasteiger partial charge in [-0.2, -0.15) is 0 Å². The third-order valence-corrected chi connectivity index (χ3v) is 5.04. The predicted molar refractivity (Wildman–Crippen MR) is 80.4 cm³/mol. The topological polar surface area (TPSA) is 46.2 Å². The molecule has 1 aromatic carbocycles. The van der Waals surface area contributed by atoms with Crippen molar-refractivity contribution in [3.63, 3.8) is 0 Å². The fourth-order valence-corrected chi connectivity index (χ4v) is 3.82. The zero-order chi connectivity index (χ0) is 14.3. The van der Waals surface area contributed by atoms with Crippen LogP contribution >= 0.6 is 23.2 Å². The van der Waals surface area contributed by atoms with Crippen LogP contribution in [-0.4, -0.2) is 20.8 Å². The van der Waals surface area contributed by atoms with E-state index in [2.05, 4.69) is 11.6 Å². The highest BCUT2D eigenvalue weighted by molar-refractivity contribution is 7.89. The largest absolute Gasteiger partial charge is 0.242 e. The van der Waals surface area contributed by atoms with Gasteiger partial charge in [0, 0.05) is 12.4 Å². The Morgan fingerprint density at radius 3 is 2.53 bits per heavy atom. The van der Waals surface area contributed by atoms with Gasteiger partial charge < -0.3 is 0 Å². The van der Waals surface area contributed by atoms with Crippen molar-refractivity contribution in [2.45, 2.75) is 31.1 Å². The SMILES string of the molecule is CCCC(CCCl)CNS(=O)(=O)c1ccccc1Cl. The van der Waals surface area contributed by atoms with Crippen LogP contribution in [0.3, 0.4) is 0 Å². The second-order valence-corrected chi connectivity index (χ2v) is 6.94. The molecular weight excluding hydrogens is 305 g/mol. The predicted octanol–water partition coefficient (Wildman–Crippen LogP) is 3.66. The number of halogens is 2. The smallest absolute Gasteiger partial charge is 0.211 e. The molecule has 0 fully saturated rings. The molecule has 6 heteroatoms. The maximum absolute atomic E-state index is 12.1. The Morgan fingerprint density at radius 2 is 1.95 bits per heavy atom. The molecule has 3 nitrogen and oxygen atoms in total. The van der Waals surface area contributed by atoms with Crippen LogP contribution in [0.1, 0.15) is 26.2 Å². The Hall–Kier alpha value is -0.290. The molecule has 0 aromatic heterocycles. The number of rotatable bonds is 8. The van der Waals surface area contributed by atoms with E-state index in [0.29, 0.717) is 12.4 Å². The normalized spacial score (nSPS) is 13.4. The molecule has 1 aromatic rings. The van der Waals surface area contributed by atoms with Crippen molar-refractivity contribution in [1.29, 1.82) is 0 Å². The molecule has 19 heavy (non-hydrogen) atoms. The van der Waals surface area contributed by atoms with Gasteiger partial charge in [0.1, 0.15) is 4.90 Å². The first kappa shape index (κ1) is 16.8. The Morgan fingerprint density at radius 1 is 1.26 bits per heavy atom. The summed E-state index contributed by atoms with van der Waals surface area (Å²) in [5, 5.41) is 0.236. The average molecular weight is 324 g/mol. The average Bonchev–Trinajstić information content (AvgIpc) is 2.37. The lowest BCUT2D eigenvalue weighted by Crippen LogP contribution is -2.29. The Labute approximate surface area is 125 Å². The van der Waals surface area contributed by atoms with Crippen molar-refractivity contribution in [3.8, 4) is 0 Å². The minimum absolute atomic E-state index is 0.123. The standard InChI is InChI=1S/C13H19Cl2NO2S/c1-2-5-11(8-9-14)10-16-19(17,18)13-7-4-3-6-12(13)15/h3-4,6-7,11,16H,2,5,8-10H2,1H3. The molecule has 0 spiro atoms. The zero-order valence-corrected chi connectivity index (χ0v) is 13.2. The minimum Gasteiger partial charge on any atom is -0.211 e. The van der Waals surface area contributed by atoms with Gasteiger partial charge in [-0.15, -0.1) is 11.6 Å². The second-order valence-electron chi connectivity index (χ2n) is 4.41. The van der Waals surface area contributed by atoms with Crippen LogP contribution in [0.25, 0.3) is 0 Å². The van der Waals surface area contributed by atoms with E-state index in [0.717, 1.165) is 19.3 Å². The van der Waals surface area contributed by atoms with Gasteiger partial charge in [0.05, 0.1) is 5.02 Å². The summed E-state index contributed by atoms with van der Waals surface area (Å²) >= 11 is 11.6. The molecule has 108 valence electrons. The van der Waals surface area contributed by atoms with Crippen molar-refractivity contribution < 1.29 is 8.42 Å². The molecule has 0 heterocycles. The zero-order valence-electron chi connectivity index (χ0n) is 10.9.